The molecule has 24 heavy (non-hydrogen) atoms. The number of aryl methyl sites for hydroxylation is 1. The van der Waals surface area contributed by atoms with E-state index in [0.717, 1.165) is 44.8 Å². The zero-order valence-corrected chi connectivity index (χ0v) is 14.3. The minimum Gasteiger partial charge on any atom is -0.472 e. The lowest BCUT2D eigenvalue weighted by Crippen LogP contribution is -2.45. The van der Waals surface area contributed by atoms with E-state index in [4.69, 9.17) is 4.42 Å². The fourth-order valence-electron chi connectivity index (χ4n) is 4.37. The summed E-state index contributed by atoms with van der Waals surface area (Å²) in [5.41, 5.74) is 2.29. The lowest BCUT2D eigenvalue weighted by atomic mass is 9.79. The van der Waals surface area contributed by atoms with Gasteiger partial charge in [-0.15, -0.1) is 0 Å². The van der Waals surface area contributed by atoms with Crippen molar-refractivity contribution in [3.05, 3.63) is 48.2 Å². The van der Waals surface area contributed by atoms with Gasteiger partial charge in [0.25, 0.3) is 5.91 Å². The third-order valence-electron chi connectivity index (χ3n) is 5.62. The molecular formula is C19H25N3O2. The van der Waals surface area contributed by atoms with Crippen molar-refractivity contribution in [3.8, 4) is 0 Å². The van der Waals surface area contributed by atoms with Gasteiger partial charge in [0.1, 0.15) is 5.69 Å². The van der Waals surface area contributed by atoms with Crippen LogP contribution in [0.25, 0.3) is 0 Å². The van der Waals surface area contributed by atoms with E-state index in [1.54, 1.807) is 6.26 Å². The van der Waals surface area contributed by atoms with Gasteiger partial charge in [0.15, 0.2) is 0 Å². The molecule has 1 atom stereocenters. The average molecular weight is 327 g/mol. The summed E-state index contributed by atoms with van der Waals surface area (Å²) in [6, 6.07) is 5.90. The molecule has 2 aromatic rings. The van der Waals surface area contributed by atoms with Crippen molar-refractivity contribution in [2.75, 3.05) is 26.2 Å². The fraction of sp³-hybridized carbons (Fsp3) is 0.526. The first-order chi connectivity index (χ1) is 11.7. The Bertz CT molecular complexity index is 706. The summed E-state index contributed by atoms with van der Waals surface area (Å²) in [6.45, 7) is 4.93. The third-order valence-corrected chi connectivity index (χ3v) is 5.62. The molecule has 2 saturated heterocycles. The van der Waals surface area contributed by atoms with Crippen LogP contribution < -0.4 is 0 Å². The molecular weight excluding hydrogens is 302 g/mol. The Morgan fingerprint density at radius 3 is 2.92 bits per heavy atom. The minimum atomic E-state index is 0.173. The molecule has 4 heterocycles. The Morgan fingerprint density at radius 1 is 1.25 bits per heavy atom. The lowest BCUT2D eigenvalue weighted by Gasteiger charge is -2.40. The van der Waals surface area contributed by atoms with Crippen molar-refractivity contribution in [2.45, 2.75) is 25.8 Å². The molecule has 0 N–H and O–H groups in total. The number of furan rings is 1. The van der Waals surface area contributed by atoms with Crippen molar-refractivity contribution in [1.29, 1.82) is 0 Å². The second-order valence-electron chi connectivity index (χ2n) is 7.43. The molecule has 0 aliphatic carbocycles. The van der Waals surface area contributed by atoms with E-state index in [0.29, 0.717) is 0 Å². The molecule has 5 nitrogen and oxygen atoms in total. The predicted octanol–water partition coefficient (Wildman–Crippen LogP) is 2.75. The Balaban J connectivity index is 1.43. The number of nitrogens with zero attached hydrogens (tertiary/aromatic N) is 3. The highest BCUT2D eigenvalue weighted by Gasteiger charge is 2.43. The van der Waals surface area contributed by atoms with Crippen LogP contribution in [0.4, 0.5) is 0 Å². The number of likely N-dealkylation sites (tertiary alicyclic amines) is 2. The number of carbonyl (C=O) groups excluding carboxylic acids is 1. The summed E-state index contributed by atoms with van der Waals surface area (Å²) >= 11 is 0. The molecule has 2 aromatic heterocycles. The van der Waals surface area contributed by atoms with Crippen molar-refractivity contribution in [3.63, 3.8) is 0 Å². The Hall–Kier alpha value is -2.01. The van der Waals surface area contributed by atoms with E-state index in [9.17, 15) is 4.79 Å². The molecule has 2 aliphatic heterocycles. The number of carbonyl (C=O) groups is 1. The summed E-state index contributed by atoms with van der Waals surface area (Å²) < 4.78 is 7.11. The monoisotopic (exact) mass is 327 g/mol. The van der Waals surface area contributed by atoms with Gasteiger partial charge in [-0.05, 0) is 44.0 Å². The van der Waals surface area contributed by atoms with Gasteiger partial charge in [-0.1, -0.05) is 0 Å². The molecule has 2 aliphatic rings. The first kappa shape index (κ1) is 15.5. The predicted molar refractivity (Wildman–Crippen MR) is 91.6 cm³/mol. The van der Waals surface area contributed by atoms with Crippen LogP contribution in [0.5, 0.6) is 0 Å². The Labute approximate surface area is 142 Å². The van der Waals surface area contributed by atoms with Gasteiger partial charge in [0.05, 0.1) is 12.5 Å². The topological polar surface area (TPSA) is 41.6 Å². The first-order valence-electron chi connectivity index (χ1n) is 8.79. The van der Waals surface area contributed by atoms with Crippen LogP contribution in [-0.4, -0.2) is 46.5 Å². The molecule has 5 heteroatoms. The highest BCUT2D eigenvalue weighted by molar-refractivity contribution is 5.93. The summed E-state index contributed by atoms with van der Waals surface area (Å²) in [7, 11) is 1.94. The highest BCUT2D eigenvalue weighted by atomic mass is 16.3. The third kappa shape index (κ3) is 2.88. The van der Waals surface area contributed by atoms with Gasteiger partial charge < -0.3 is 13.9 Å². The van der Waals surface area contributed by atoms with Gasteiger partial charge in [-0.25, -0.2) is 0 Å². The minimum absolute atomic E-state index is 0.173. The average Bonchev–Trinajstić information content (AvgIpc) is 3.29. The molecule has 4 rings (SSSR count). The quantitative estimate of drug-likeness (QED) is 0.870. The lowest BCUT2D eigenvalue weighted by molar-refractivity contribution is 0.0668. The van der Waals surface area contributed by atoms with Gasteiger partial charge in [0.2, 0.25) is 0 Å². The Kier molecular flexibility index (Phi) is 3.96. The SMILES string of the molecule is Cn1cccc1C(=O)N1CCC2(CCCN(Cc3ccoc3)C2)C1. The molecule has 0 saturated carbocycles. The van der Waals surface area contributed by atoms with Crippen LogP contribution >= 0.6 is 0 Å². The smallest absolute Gasteiger partial charge is 0.270 e. The first-order valence-corrected chi connectivity index (χ1v) is 8.79. The van der Waals surface area contributed by atoms with Crippen LogP contribution in [0.3, 0.4) is 0 Å². The van der Waals surface area contributed by atoms with Crippen molar-refractivity contribution < 1.29 is 9.21 Å². The number of aromatic nitrogens is 1. The summed E-state index contributed by atoms with van der Waals surface area (Å²) in [4.78, 5) is 17.3. The van der Waals surface area contributed by atoms with Crippen molar-refractivity contribution >= 4 is 5.91 Å². The maximum atomic E-state index is 12.8. The number of hydrogen-bond acceptors (Lipinski definition) is 3. The number of rotatable bonds is 3. The zero-order chi connectivity index (χ0) is 16.6. The summed E-state index contributed by atoms with van der Waals surface area (Å²) in [6.07, 6.45) is 9.07. The van der Waals surface area contributed by atoms with Gasteiger partial charge in [-0.2, -0.15) is 0 Å². The number of piperidine rings is 1. The largest absolute Gasteiger partial charge is 0.472 e. The molecule has 1 amide bonds. The fourth-order valence-corrected chi connectivity index (χ4v) is 4.37. The standard InChI is InChI=1S/C19H25N3O2/c1-20-8-2-4-17(20)18(23)22-10-7-19(15-22)6-3-9-21(14-19)12-16-5-11-24-13-16/h2,4-5,8,11,13H,3,6-7,9-10,12,14-15H2,1H3. The van der Waals surface area contributed by atoms with E-state index >= 15 is 0 Å². The second kappa shape index (κ2) is 6.13. The molecule has 0 aromatic carbocycles. The maximum absolute atomic E-state index is 12.8. The summed E-state index contributed by atoms with van der Waals surface area (Å²) in [5, 5.41) is 0. The van der Waals surface area contributed by atoms with Crippen LogP contribution in [-0.2, 0) is 13.6 Å². The van der Waals surface area contributed by atoms with E-state index in [-0.39, 0.29) is 11.3 Å². The molecule has 1 unspecified atom stereocenters. The molecule has 0 radical (unpaired) electrons. The van der Waals surface area contributed by atoms with Crippen molar-refractivity contribution in [1.82, 2.24) is 14.4 Å². The van der Waals surface area contributed by atoms with Crippen LogP contribution in [0, 0.1) is 5.41 Å². The molecule has 1 spiro atoms. The zero-order valence-electron chi connectivity index (χ0n) is 14.3. The summed E-state index contributed by atoms with van der Waals surface area (Å²) in [5.74, 6) is 0.173. The number of hydrogen-bond donors (Lipinski definition) is 0. The highest BCUT2D eigenvalue weighted by Crippen LogP contribution is 2.39. The molecule has 128 valence electrons. The van der Waals surface area contributed by atoms with Crippen molar-refractivity contribution in [2.24, 2.45) is 12.5 Å². The van der Waals surface area contributed by atoms with E-state index in [1.807, 2.05) is 42.3 Å². The van der Waals surface area contributed by atoms with E-state index in [2.05, 4.69) is 9.80 Å². The Morgan fingerprint density at radius 2 is 2.17 bits per heavy atom. The van der Waals surface area contributed by atoms with Crippen LogP contribution in [0.1, 0.15) is 35.3 Å². The molecule has 2 fully saturated rings. The van der Waals surface area contributed by atoms with Gasteiger partial charge in [-0.3, -0.25) is 9.69 Å². The van der Waals surface area contributed by atoms with Crippen LogP contribution in [0.15, 0.2) is 41.3 Å². The normalized spacial score (nSPS) is 24.8. The second-order valence-corrected chi connectivity index (χ2v) is 7.43. The maximum Gasteiger partial charge on any atom is 0.270 e. The number of amides is 1. The van der Waals surface area contributed by atoms with Gasteiger partial charge >= 0.3 is 0 Å². The van der Waals surface area contributed by atoms with Gasteiger partial charge in [0, 0.05) is 50.4 Å². The molecule has 0 bridgehead atoms. The van der Waals surface area contributed by atoms with E-state index < -0.39 is 0 Å². The van der Waals surface area contributed by atoms with Crippen LogP contribution in [0.2, 0.25) is 0 Å². The van der Waals surface area contributed by atoms with E-state index in [1.165, 1.54) is 18.4 Å².